The summed E-state index contributed by atoms with van der Waals surface area (Å²) in [7, 11) is 1.67. The first-order valence-corrected chi connectivity index (χ1v) is 7.36. The summed E-state index contributed by atoms with van der Waals surface area (Å²) in [6.07, 6.45) is 1.53. The number of benzene rings is 1. The van der Waals surface area contributed by atoms with Gasteiger partial charge in [0.25, 0.3) is 0 Å². The van der Waals surface area contributed by atoms with Gasteiger partial charge in [-0.25, -0.2) is 0 Å². The Kier molecular flexibility index (Phi) is 5.68. The molecule has 0 saturated carbocycles. The van der Waals surface area contributed by atoms with Gasteiger partial charge in [-0.2, -0.15) is 0 Å². The molecule has 2 rings (SSSR count). The van der Waals surface area contributed by atoms with Crippen molar-refractivity contribution < 1.29 is 14.2 Å². The molecular weight excluding hydrogens is 254 g/mol. The molecule has 1 aromatic rings. The lowest BCUT2D eigenvalue weighted by atomic mass is 10.0. The predicted molar refractivity (Wildman–Crippen MR) is 79.4 cm³/mol. The van der Waals surface area contributed by atoms with E-state index < -0.39 is 0 Å². The summed E-state index contributed by atoms with van der Waals surface area (Å²) >= 11 is 0. The van der Waals surface area contributed by atoms with E-state index in [0.717, 1.165) is 37.6 Å². The zero-order valence-electron chi connectivity index (χ0n) is 12.6. The molecule has 0 aliphatic carbocycles. The third kappa shape index (κ3) is 3.87. The fraction of sp³-hybridized carbons (Fsp3) is 0.625. The van der Waals surface area contributed by atoms with Gasteiger partial charge in [-0.1, -0.05) is 6.07 Å². The van der Waals surface area contributed by atoms with E-state index in [2.05, 4.69) is 18.3 Å². The maximum Gasteiger partial charge on any atom is 0.161 e. The topological polar surface area (TPSA) is 39.7 Å². The molecule has 4 heteroatoms. The van der Waals surface area contributed by atoms with E-state index in [-0.39, 0.29) is 0 Å². The van der Waals surface area contributed by atoms with Crippen LogP contribution >= 0.6 is 0 Å². The highest BCUT2D eigenvalue weighted by Gasteiger charge is 2.23. The number of rotatable bonds is 7. The molecule has 0 bridgehead atoms. The second-order valence-corrected chi connectivity index (χ2v) is 5.17. The molecule has 0 aromatic heterocycles. The van der Waals surface area contributed by atoms with Gasteiger partial charge in [0.2, 0.25) is 0 Å². The number of ether oxygens (including phenoxy) is 3. The van der Waals surface area contributed by atoms with Crippen molar-refractivity contribution in [1.29, 1.82) is 0 Å². The number of methoxy groups -OCH3 is 1. The Morgan fingerprint density at radius 1 is 1.35 bits per heavy atom. The van der Waals surface area contributed by atoms with Crippen molar-refractivity contribution in [1.82, 2.24) is 5.32 Å². The second kappa shape index (κ2) is 7.50. The van der Waals surface area contributed by atoms with Gasteiger partial charge >= 0.3 is 0 Å². The second-order valence-electron chi connectivity index (χ2n) is 5.17. The summed E-state index contributed by atoms with van der Waals surface area (Å²) < 4.78 is 16.5. The molecule has 1 fully saturated rings. The van der Waals surface area contributed by atoms with Crippen LogP contribution in [-0.4, -0.2) is 33.0 Å². The molecular formula is C16H25NO3. The Morgan fingerprint density at radius 3 is 2.85 bits per heavy atom. The Balaban J connectivity index is 1.86. The standard InChI is InChI=1S/C16H25NO3/c1-4-19-15-6-5-13(9-16(15)18-3)10-17-11-14-7-8-20-12(14)2/h5-6,9,12,14,17H,4,7-8,10-11H2,1-3H3. The zero-order chi connectivity index (χ0) is 14.4. The molecule has 1 aromatic carbocycles. The number of hydrogen-bond donors (Lipinski definition) is 1. The van der Waals surface area contributed by atoms with Crippen molar-refractivity contribution in [3.63, 3.8) is 0 Å². The van der Waals surface area contributed by atoms with E-state index in [4.69, 9.17) is 14.2 Å². The summed E-state index contributed by atoms with van der Waals surface area (Å²) in [4.78, 5) is 0. The van der Waals surface area contributed by atoms with Crippen molar-refractivity contribution in [2.24, 2.45) is 5.92 Å². The van der Waals surface area contributed by atoms with Gasteiger partial charge < -0.3 is 19.5 Å². The van der Waals surface area contributed by atoms with E-state index in [9.17, 15) is 0 Å². The quantitative estimate of drug-likeness (QED) is 0.833. The molecule has 1 N–H and O–H groups in total. The van der Waals surface area contributed by atoms with Gasteiger partial charge in [-0.05, 0) is 43.9 Å². The molecule has 0 amide bonds. The molecule has 4 nitrogen and oxygen atoms in total. The molecule has 0 spiro atoms. The van der Waals surface area contributed by atoms with Crippen LogP contribution in [0.2, 0.25) is 0 Å². The Labute approximate surface area is 121 Å². The van der Waals surface area contributed by atoms with Gasteiger partial charge in [0.05, 0.1) is 19.8 Å². The molecule has 1 aliphatic rings. The Bertz CT molecular complexity index is 422. The van der Waals surface area contributed by atoms with E-state index in [1.54, 1.807) is 7.11 Å². The van der Waals surface area contributed by atoms with Crippen LogP contribution in [0.3, 0.4) is 0 Å². The average molecular weight is 279 g/mol. The van der Waals surface area contributed by atoms with E-state index in [1.165, 1.54) is 5.56 Å². The van der Waals surface area contributed by atoms with Gasteiger partial charge in [0.15, 0.2) is 11.5 Å². The maximum atomic E-state index is 5.57. The first-order chi connectivity index (χ1) is 9.74. The number of nitrogens with one attached hydrogen (secondary N) is 1. The normalized spacial score (nSPS) is 21.9. The summed E-state index contributed by atoms with van der Waals surface area (Å²) in [6, 6.07) is 6.09. The molecule has 1 saturated heterocycles. The largest absolute Gasteiger partial charge is 0.493 e. The van der Waals surface area contributed by atoms with E-state index >= 15 is 0 Å². The molecule has 1 aliphatic heterocycles. The fourth-order valence-corrected chi connectivity index (χ4v) is 2.54. The highest BCUT2D eigenvalue weighted by Crippen LogP contribution is 2.28. The van der Waals surface area contributed by atoms with Crippen molar-refractivity contribution in [3.8, 4) is 11.5 Å². The van der Waals surface area contributed by atoms with Crippen LogP contribution in [0, 0.1) is 5.92 Å². The molecule has 112 valence electrons. The monoisotopic (exact) mass is 279 g/mol. The smallest absolute Gasteiger partial charge is 0.161 e. The maximum absolute atomic E-state index is 5.57. The molecule has 1 heterocycles. The molecule has 20 heavy (non-hydrogen) atoms. The third-order valence-electron chi connectivity index (χ3n) is 3.80. The van der Waals surface area contributed by atoms with Crippen LogP contribution in [0.5, 0.6) is 11.5 Å². The van der Waals surface area contributed by atoms with Gasteiger partial charge in [0, 0.05) is 19.7 Å². The van der Waals surface area contributed by atoms with Crippen LogP contribution in [-0.2, 0) is 11.3 Å². The molecule has 2 atom stereocenters. The van der Waals surface area contributed by atoms with Crippen molar-refractivity contribution in [2.45, 2.75) is 32.9 Å². The summed E-state index contributed by atoms with van der Waals surface area (Å²) in [6.45, 7) is 7.50. The minimum absolute atomic E-state index is 0.373. The molecule has 2 unspecified atom stereocenters. The van der Waals surface area contributed by atoms with Crippen LogP contribution in [0.4, 0.5) is 0 Å². The first kappa shape index (κ1) is 15.1. The van der Waals surface area contributed by atoms with Gasteiger partial charge in [-0.15, -0.1) is 0 Å². The number of hydrogen-bond acceptors (Lipinski definition) is 4. The van der Waals surface area contributed by atoms with E-state index in [1.807, 2.05) is 19.1 Å². The average Bonchev–Trinajstić information content (AvgIpc) is 2.86. The van der Waals surface area contributed by atoms with Crippen molar-refractivity contribution in [2.75, 3.05) is 26.9 Å². The summed E-state index contributed by atoms with van der Waals surface area (Å²) in [5.74, 6) is 2.22. The van der Waals surface area contributed by atoms with Crippen molar-refractivity contribution >= 4 is 0 Å². The van der Waals surface area contributed by atoms with Crippen LogP contribution in [0.15, 0.2) is 18.2 Å². The SMILES string of the molecule is CCOc1ccc(CNCC2CCOC2C)cc1OC. The Morgan fingerprint density at radius 2 is 2.20 bits per heavy atom. The first-order valence-electron chi connectivity index (χ1n) is 7.36. The Hall–Kier alpha value is -1.26. The van der Waals surface area contributed by atoms with Crippen molar-refractivity contribution in [3.05, 3.63) is 23.8 Å². The van der Waals surface area contributed by atoms with Crippen LogP contribution < -0.4 is 14.8 Å². The lowest BCUT2D eigenvalue weighted by molar-refractivity contribution is 0.105. The zero-order valence-corrected chi connectivity index (χ0v) is 12.6. The van der Waals surface area contributed by atoms with E-state index in [0.29, 0.717) is 18.6 Å². The highest BCUT2D eigenvalue weighted by molar-refractivity contribution is 5.42. The fourth-order valence-electron chi connectivity index (χ4n) is 2.54. The predicted octanol–water partition coefficient (Wildman–Crippen LogP) is 2.61. The third-order valence-corrected chi connectivity index (χ3v) is 3.80. The van der Waals surface area contributed by atoms with Crippen LogP contribution in [0.25, 0.3) is 0 Å². The minimum Gasteiger partial charge on any atom is -0.493 e. The lowest BCUT2D eigenvalue weighted by Gasteiger charge is -2.15. The van der Waals surface area contributed by atoms with Gasteiger partial charge in [-0.3, -0.25) is 0 Å². The summed E-state index contributed by atoms with van der Waals surface area (Å²) in [5.41, 5.74) is 1.21. The highest BCUT2D eigenvalue weighted by atomic mass is 16.5. The molecule has 0 radical (unpaired) electrons. The van der Waals surface area contributed by atoms with Crippen LogP contribution in [0.1, 0.15) is 25.8 Å². The lowest BCUT2D eigenvalue weighted by Crippen LogP contribution is -2.26. The summed E-state index contributed by atoms with van der Waals surface area (Å²) in [5, 5.41) is 3.50. The van der Waals surface area contributed by atoms with Gasteiger partial charge in [0.1, 0.15) is 0 Å². The minimum atomic E-state index is 0.373.